The number of amides is 2. The summed E-state index contributed by atoms with van der Waals surface area (Å²) >= 11 is 0. The number of nitrogens with one attached hydrogen (secondary N) is 2. The first kappa shape index (κ1) is 27.2. The molecule has 32 heavy (non-hydrogen) atoms. The molecule has 2 N–H and O–H groups in total. The number of hydrogen-bond donors (Lipinski definition) is 2. The van der Waals surface area contributed by atoms with Crippen LogP contribution < -0.4 is 10.6 Å². The van der Waals surface area contributed by atoms with Gasteiger partial charge in [0.2, 0.25) is 0 Å². The maximum Gasteiger partial charge on any atom is 0.407 e. The lowest BCUT2D eigenvalue weighted by molar-refractivity contribution is 0.151. The number of alkyl carbamates (subject to hydrolysis) is 2. The third-order valence-corrected chi connectivity index (χ3v) is 4.39. The Balaban J connectivity index is 3.13. The van der Waals surface area contributed by atoms with E-state index in [4.69, 9.17) is 18.9 Å². The van der Waals surface area contributed by atoms with Crippen molar-refractivity contribution in [2.24, 2.45) is 0 Å². The van der Waals surface area contributed by atoms with Gasteiger partial charge in [-0.05, 0) is 48.9 Å². The molecule has 0 heterocycles. The van der Waals surface area contributed by atoms with Gasteiger partial charge in [-0.15, -0.1) is 13.2 Å². The molecule has 1 aromatic rings. The van der Waals surface area contributed by atoms with Gasteiger partial charge in [-0.3, -0.25) is 0 Å². The fourth-order valence-corrected chi connectivity index (χ4v) is 3.07. The number of rotatable bonds is 16. The second kappa shape index (κ2) is 16.8. The topological polar surface area (TPSA) is 95.1 Å². The largest absolute Gasteiger partial charge is 0.450 e. The Morgan fingerprint density at radius 3 is 1.94 bits per heavy atom. The van der Waals surface area contributed by atoms with Gasteiger partial charge in [0, 0.05) is 13.1 Å². The highest BCUT2D eigenvalue weighted by Crippen LogP contribution is 2.21. The summed E-state index contributed by atoms with van der Waals surface area (Å²) in [6.45, 7) is 14.0. The van der Waals surface area contributed by atoms with Crippen molar-refractivity contribution in [3.8, 4) is 0 Å². The second-order valence-corrected chi connectivity index (χ2v) is 6.77. The summed E-state index contributed by atoms with van der Waals surface area (Å²) < 4.78 is 21.1. The SMILES string of the molecule is C=CCOCCc1cc(CNC(=O)OCC)cc(CNC(=O)OCC)c1CCOCC=C. The van der Waals surface area contributed by atoms with Crippen LogP contribution in [-0.4, -0.2) is 51.8 Å². The summed E-state index contributed by atoms with van der Waals surface area (Å²) in [5.74, 6) is 0. The highest BCUT2D eigenvalue weighted by atomic mass is 16.6. The molecule has 0 atom stereocenters. The average Bonchev–Trinajstić information content (AvgIpc) is 2.78. The summed E-state index contributed by atoms with van der Waals surface area (Å²) in [7, 11) is 0. The number of carbonyl (C=O) groups excluding carboxylic acids is 2. The Labute approximate surface area is 190 Å². The highest BCUT2D eigenvalue weighted by Gasteiger charge is 2.14. The van der Waals surface area contributed by atoms with E-state index >= 15 is 0 Å². The van der Waals surface area contributed by atoms with Crippen molar-refractivity contribution >= 4 is 12.2 Å². The van der Waals surface area contributed by atoms with E-state index in [2.05, 4.69) is 23.8 Å². The number of carbonyl (C=O) groups is 2. The predicted octanol–water partition coefficient (Wildman–Crippen LogP) is 3.67. The Hall–Kier alpha value is -2.84. The molecule has 8 heteroatoms. The number of benzene rings is 1. The molecule has 0 saturated carbocycles. The van der Waals surface area contributed by atoms with Crippen LogP contribution >= 0.6 is 0 Å². The van der Waals surface area contributed by atoms with E-state index in [-0.39, 0.29) is 0 Å². The molecule has 0 aliphatic carbocycles. The van der Waals surface area contributed by atoms with Gasteiger partial charge < -0.3 is 29.6 Å². The summed E-state index contributed by atoms with van der Waals surface area (Å²) in [6.07, 6.45) is 3.79. The van der Waals surface area contributed by atoms with Crippen molar-refractivity contribution in [1.29, 1.82) is 0 Å². The zero-order chi connectivity index (χ0) is 23.6. The molecule has 8 nitrogen and oxygen atoms in total. The second-order valence-electron chi connectivity index (χ2n) is 6.77. The molecular weight excluding hydrogens is 412 g/mol. The van der Waals surface area contributed by atoms with E-state index in [9.17, 15) is 9.59 Å². The van der Waals surface area contributed by atoms with Gasteiger partial charge in [0.25, 0.3) is 0 Å². The van der Waals surface area contributed by atoms with Crippen molar-refractivity contribution in [3.63, 3.8) is 0 Å². The van der Waals surface area contributed by atoms with Crippen molar-refractivity contribution in [2.75, 3.05) is 39.6 Å². The predicted molar refractivity (Wildman–Crippen MR) is 124 cm³/mol. The van der Waals surface area contributed by atoms with Crippen molar-refractivity contribution in [1.82, 2.24) is 10.6 Å². The molecule has 1 aromatic carbocycles. The van der Waals surface area contributed by atoms with Crippen LogP contribution in [0.4, 0.5) is 9.59 Å². The minimum Gasteiger partial charge on any atom is -0.450 e. The van der Waals surface area contributed by atoms with E-state index in [0.717, 1.165) is 22.3 Å². The normalized spacial score (nSPS) is 10.3. The van der Waals surface area contributed by atoms with Crippen LogP contribution in [0.25, 0.3) is 0 Å². The molecule has 1 rings (SSSR count). The van der Waals surface area contributed by atoms with Crippen molar-refractivity contribution in [3.05, 3.63) is 59.7 Å². The molecular formula is C24H36N2O6. The van der Waals surface area contributed by atoms with Gasteiger partial charge in [-0.25, -0.2) is 9.59 Å². The maximum atomic E-state index is 11.9. The molecule has 0 aromatic heterocycles. The quantitative estimate of drug-likeness (QED) is 0.296. The zero-order valence-corrected chi connectivity index (χ0v) is 19.2. The third-order valence-electron chi connectivity index (χ3n) is 4.39. The maximum absolute atomic E-state index is 11.9. The van der Waals surface area contributed by atoms with Gasteiger partial charge in [0.1, 0.15) is 0 Å². The molecule has 0 fully saturated rings. The van der Waals surface area contributed by atoms with Crippen molar-refractivity contribution < 1.29 is 28.5 Å². The molecule has 2 amide bonds. The average molecular weight is 449 g/mol. The fraction of sp³-hybridized carbons (Fsp3) is 0.500. The Morgan fingerprint density at radius 2 is 1.38 bits per heavy atom. The number of hydrogen-bond acceptors (Lipinski definition) is 6. The first-order valence-electron chi connectivity index (χ1n) is 10.9. The van der Waals surface area contributed by atoms with Crippen LogP contribution in [0.2, 0.25) is 0 Å². The minimum absolute atomic E-state index is 0.295. The van der Waals surface area contributed by atoms with E-state index in [1.807, 2.05) is 12.1 Å². The number of ether oxygens (including phenoxy) is 4. The van der Waals surface area contributed by atoms with Crippen molar-refractivity contribution in [2.45, 2.75) is 39.8 Å². The van der Waals surface area contributed by atoms with Crippen LogP contribution in [0.3, 0.4) is 0 Å². The molecule has 0 radical (unpaired) electrons. The third kappa shape index (κ3) is 11.0. The Bertz CT molecular complexity index is 735. The van der Waals surface area contributed by atoms with Gasteiger partial charge in [-0.2, -0.15) is 0 Å². The highest BCUT2D eigenvalue weighted by molar-refractivity contribution is 5.67. The summed E-state index contributed by atoms with van der Waals surface area (Å²) in [6, 6.07) is 4.01. The van der Waals surface area contributed by atoms with E-state index in [1.165, 1.54) is 0 Å². The van der Waals surface area contributed by atoms with Crippen LogP contribution in [0.5, 0.6) is 0 Å². The van der Waals surface area contributed by atoms with E-state index in [0.29, 0.717) is 65.6 Å². The summed E-state index contributed by atoms with van der Waals surface area (Å²) in [5, 5.41) is 5.52. The van der Waals surface area contributed by atoms with E-state index < -0.39 is 12.2 Å². The van der Waals surface area contributed by atoms with Gasteiger partial charge in [0.05, 0.1) is 39.6 Å². The fourth-order valence-electron chi connectivity index (χ4n) is 3.07. The first-order chi connectivity index (χ1) is 15.5. The zero-order valence-electron chi connectivity index (χ0n) is 19.2. The molecule has 0 spiro atoms. The molecule has 0 aliphatic heterocycles. The van der Waals surface area contributed by atoms with Crippen LogP contribution in [0.1, 0.15) is 36.1 Å². The smallest absolute Gasteiger partial charge is 0.407 e. The first-order valence-corrected chi connectivity index (χ1v) is 10.9. The minimum atomic E-state index is -0.479. The monoisotopic (exact) mass is 448 g/mol. The van der Waals surface area contributed by atoms with Crippen LogP contribution in [0, 0.1) is 0 Å². The molecule has 0 unspecified atom stereocenters. The van der Waals surface area contributed by atoms with Gasteiger partial charge >= 0.3 is 12.2 Å². The Kier molecular flexibility index (Phi) is 14.3. The summed E-state index contributed by atoms with van der Waals surface area (Å²) in [4.78, 5) is 23.6. The van der Waals surface area contributed by atoms with Gasteiger partial charge in [-0.1, -0.05) is 24.3 Å². The Morgan fingerprint density at radius 1 is 0.844 bits per heavy atom. The molecule has 0 aliphatic rings. The van der Waals surface area contributed by atoms with Gasteiger partial charge in [0.15, 0.2) is 0 Å². The molecule has 178 valence electrons. The van der Waals surface area contributed by atoms with E-state index in [1.54, 1.807) is 26.0 Å². The summed E-state index contributed by atoms with van der Waals surface area (Å²) in [5.41, 5.74) is 3.98. The molecule has 0 bridgehead atoms. The van der Waals surface area contributed by atoms with Crippen LogP contribution in [-0.2, 0) is 44.9 Å². The molecule has 0 saturated heterocycles. The lowest BCUT2D eigenvalue weighted by atomic mass is 9.93. The van der Waals surface area contributed by atoms with Crippen LogP contribution in [0.15, 0.2) is 37.4 Å². The standard InChI is InChI=1S/C24H36N2O6/c1-5-11-29-13-9-20-15-19(17-25-23(27)31-7-3)16-21(18-26-24(28)32-8-4)22(20)10-14-30-12-6-2/h5-6,15-16H,1-2,7-14,17-18H2,3-4H3,(H,25,27)(H,26,28). The lowest BCUT2D eigenvalue weighted by Gasteiger charge is -2.18. The lowest BCUT2D eigenvalue weighted by Crippen LogP contribution is -2.26.